The lowest BCUT2D eigenvalue weighted by Crippen LogP contribution is -2.19. The third kappa shape index (κ3) is 4.02. The van der Waals surface area contributed by atoms with Gasteiger partial charge in [0.05, 0.1) is 0 Å². The lowest BCUT2D eigenvalue weighted by Gasteiger charge is -2.29. The minimum absolute atomic E-state index is 0.335. The van der Waals surface area contributed by atoms with Crippen molar-refractivity contribution in [2.24, 2.45) is 0 Å². The Hall–Kier alpha value is -0.430. The van der Waals surface area contributed by atoms with Gasteiger partial charge in [0.1, 0.15) is 0 Å². The van der Waals surface area contributed by atoms with Gasteiger partial charge >= 0.3 is 0 Å². The summed E-state index contributed by atoms with van der Waals surface area (Å²) in [5.41, 5.74) is 1.82. The molecule has 1 heteroatoms. The highest BCUT2D eigenvalue weighted by Crippen LogP contribution is 2.39. The van der Waals surface area contributed by atoms with Gasteiger partial charge in [0, 0.05) is 9.64 Å². The monoisotopic (exact) mass is 278 g/mol. The van der Waals surface area contributed by atoms with Crippen LogP contribution < -0.4 is 0 Å². The predicted octanol–water partition coefficient (Wildman–Crippen LogP) is 6.44. The largest absolute Gasteiger partial charge is 0.120 e. The maximum atomic E-state index is 2.37. The molecule has 0 amide bonds. The molecular formula is C18H30S. The lowest BCUT2D eigenvalue weighted by atomic mass is 9.78. The second-order valence-corrected chi connectivity index (χ2v) is 7.71. The first-order chi connectivity index (χ1) is 8.93. The quantitative estimate of drug-likeness (QED) is 0.517. The summed E-state index contributed by atoms with van der Waals surface area (Å²) < 4.78 is 0.375. The van der Waals surface area contributed by atoms with Crippen LogP contribution in [0.5, 0.6) is 0 Å². The van der Waals surface area contributed by atoms with E-state index < -0.39 is 0 Å². The average molecular weight is 279 g/mol. The Morgan fingerprint density at radius 3 is 1.63 bits per heavy atom. The molecule has 1 rings (SSSR count). The fourth-order valence-corrected chi connectivity index (χ4v) is 3.39. The number of benzene rings is 1. The fraction of sp³-hybridized carbons (Fsp3) is 0.667. The summed E-state index contributed by atoms with van der Waals surface area (Å²) in [4.78, 5) is 1.41. The Bertz CT molecular complexity index is 369. The van der Waals surface area contributed by atoms with Crippen LogP contribution in [0.4, 0.5) is 0 Å². The van der Waals surface area contributed by atoms with E-state index in [0.717, 1.165) is 0 Å². The molecule has 0 aromatic heterocycles. The van der Waals surface area contributed by atoms with Crippen molar-refractivity contribution in [1.29, 1.82) is 0 Å². The highest BCUT2D eigenvalue weighted by molar-refractivity contribution is 8.00. The third-order valence-corrected chi connectivity index (χ3v) is 6.55. The molecule has 0 unspecified atom stereocenters. The van der Waals surface area contributed by atoms with Crippen LogP contribution in [0.25, 0.3) is 0 Å². The maximum absolute atomic E-state index is 2.37. The van der Waals surface area contributed by atoms with Crippen LogP contribution in [0.1, 0.15) is 72.8 Å². The van der Waals surface area contributed by atoms with E-state index in [9.17, 15) is 0 Å². The zero-order valence-electron chi connectivity index (χ0n) is 13.5. The van der Waals surface area contributed by atoms with Gasteiger partial charge < -0.3 is 0 Å². The third-order valence-electron chi connectivity index (χ3n) is 4.97. The van der Waals surface area contributed by atoms with Crippen LogP contribution in [0.3, 0.4) is 0 Å². The summed E-state index contributed by atoms with van der Waals surface area (Å²) in [5.74, 6) is 0. The Morgan fingerprint density at radius 1 is 0.789 bits per heavy atom. The predicted molar refractivity (Wildman–Crippen MR) is 89.2 cm³/mol. The standard InChI is InChI=1S/C18H30S/c1-7-17(5,8-2)15-11-13-16(14-12-15)19-18(6,9-3)10-4/h11-14H,7-10H2,1-6H3. The molecule has 0 aliphatic carbocycles. The van der Waals surface area contributed by atoms with Gasteiger partial charge in [-0.25, -0.2) is 0 Å². The van der Waals surface area contributed by atoms with E-state index in [4.69, 9.17) is 0 Å². The van der Waals surface area contributed by atoms with E-state index in [2.05, 4.69) is 65.8 Å². The lowest BCUT2D eigenvalue weighted by molar-refractivity contribution is 0.438. The van der Waals surface area contributed by atoms with Crippen molar-refractivity contribution in [1.82, 2.24) is 0 Å². The van der Waals surface area contributed by atoms with Crippen molar-refractivity contribution in [3.8, 4) is 0 Å². The second-order valence-electron chi connectivity index (χ2n) is 6.05. The van der Waals surface area contributed by atoms with Crippen LogP contribution in [0.15, 0.2) is 29.2 Å². The fourth-order valence-electron chi connectivity index (χ4n) is 2.26. The summed E-state index contributed by atoms with van der Waals surface area (Å²) in [7, 11) is 0. The van der Waals surface area contributed by atoms with Gasteiger partial charge in [-0.15, -0.1) is 11.8 Å². The minimum atomic E-state index is 0.335. The van der Waals surface area contributed by atoms with Crippen LogP contribution >= 0.6 is 11.8 Å². The van der Waals surface area contributed by atoms with E-state index in [-0.39, 0.29) is 0 Å². The molecule has 0 saturated carbocycles. The Morgan fingerprint density at radius 2 is 1.26 bits per heavy atom. The van der Waals surface area contributed by atoms with Crippen LogP contribution in [0.2, 0.25) is 0 Å². The first-order valence-corrected chi connectivity index (χ1v) is 8.54. The highest BCUT2D eigenvalue weighted by Gasteiger charge is 2.23. The average Bonchev–Trinajstić information content (AvgIpc) is 2.47. The molecule has 0 bridgehead atoms. The van der Waals surface area contributed by atoms with Gasteiger partial charge in [0.25, 0.3) is 0 Å². The smallest absolute Gasteiger partial charge is 0.0173 e. The summed E-state index contributed by atoms with van der Waals surface area (Å²) >= 11 is 2.03. The maximum Gasteiger partial charge on any atom is 0.0173 e. The number of hydrogen-bond donors (Lipinski definition) is 0. The van der Waals surface area contributed by atoms with Gasteiger partial charge in [-0.05, 0) is 48.8 Å². The molecule has 0 fully saturated rings. The molecular weight excluding hydrogens is 248 g/mol. The van der Waals surface area contributed by atoms with Crippen molar-refractivity contribution in [3.63, 3.8) is 0 Å². The van der Waals surface area contributed by atoms with E-state index in [1.807, 2.05) is 11.8 Å². The summed E-state index contributed by atoms with van der Waals surface area (Å²) in [5, 5.41) is 0. The number of thioether (sulfide) groups is 1. The van der Waals surface area contributed by atoms with E-state index in [1.54, 1.807) is 0 Å². The first-order valence-electron chi connectivity index (χ1n) is 7.72. The molecule has 0 aliphatic rings. The molecule has 0 aliphatic heterocycles. The van der Waals surface area contributed by atoms with Crippen molar-refractivity contribution >= 4 is 11.8 Å². The zero-order chi connectivity index (χ0) is 14.5. The Balaban J connectivity index is 2.88. The van der Waals surface area contributed by atoms with Crippen LogP contribution in [-0.4, -0.2) is 4.75 Å². The summed E-state index contributed by atoms with van der Waals surface area (Å²) in [6.07, 6.45) is 4.85. The normalized spacial score (nSPS) is 12.7. The van der Waals surface area contributed by atoms with Gasteiger partial charge in [-0.3, -0.25) is 0 Å². The number of rotatable bonds is 7. The van der Waals surface area contributed by atoms with Gasteiger partial charge in [0.2, 0.25) is 0 Å². The first kappa shape index (κ1) is 16.6. The van der Waals surface area contributed by atoms with Crippen molar-refractivity contribution in [2.45, 2.75) is 82.3 Å². The van der Waals surface area contributed by atoms with Crippen LogP contribution in [-0.2, 0) is 5.41 Å². The van der Waals surface area contributed by atoms with E-state index in [1.165, 1.54) is 36.1 Å². The molecule has 1 aromatic carbocycles. The van der Waals surface area contributed by atoms with E-state index in [0.29, 0.717) is 10.2 Å². The van der Waals surface area contributed by atoms with Gasteiger partial charge in [-0.2, -0.15) is 0 Å². The van der Waals surface area contributed by atoms with Crippen molar-refractivity contribution < 1.29 is 0 Å². The molecule has 0 N–H and O–H groups in total. The van der Waals surface area contributed by atoms with Crippen molar-refractivity contribution in [2.75, 3.05) is 0 Å². The molecule has 0 nitrogen and oxygen atoms in total. The molecule has 19 heavy (non-hydrogen) atoms. The Kier molecular flexibility index (Phi) is 5.98. The molecule has 1 aromatic rings. The Labute approximate surface area is 124 Å². The number of hydrogen-bond acceptors (Lipinski definition) is 1. The van der Waals surface area contributed by atoms with Gasteiger partial charge in [-0.1, -0.05) is 53.7 Å². The topological polar surface area (TPSA) is 0 Å². The van der Waals surface area contributed by atoms with Crippen molar-refractivity contribution in [3.05, 3.63) is 29.8 Å². The molecule has 0 atom stereocenters. The molecule has 0 radical (unpaired) electrons. The summed E-state index contributed by atoms with van der Waals surface area (Å²) in [6.45, 7) is 13.9. The zero-order valence-corrected chi connectivity index (χ0v) is 14.4. The highest BCUT2D eigenvalue weighted by atomic mass is 32.2. The molecule has 108 valence electrons. The SMILES string of the molecule is CCC(C)(CC)Sc1ccc(C(C)(CC)CC)cc1. The molecule has 0 heterocycles. The van der Waals surface area contributed by atoms with Crippen LogP contribution in [0, 0.1) is 0 Å². The minimum Gasteiger partial charge on any atom is -0.120 e. The van der Waals surface area contributed by atoms with E-state index >= 15 is 0 Å². The van der Waals surface area contributed by atoms with Gasteiger partial charge in [0.15, 0.2) is 0 Å². The molecule has 0 saturated heterocycles. The molecule has 0 spiro atoms. The summed E-state index contributed by atoms with van der Waals surface area (Å²) in [6, 6.07) is 9.29. The second kappa shape index (κ2) is 6.83.